The van der Waals surface area contributed by atoms with E-state index >= 15 is 0 Å². The van der Waals surface area contributed by atoms with Crippen LogP contribution in [-0.2, 0) is 9.53 Å². The Morgan fingerprint density at radius 3 is 2.52 bits per heavy atom. The maximum atomic E-state index is 13.4. The molecule has 1 aliphatic rings. The number of hydrogen-bond donors (Lipinski definition) is 0. The fourth-order valence-electron chi connectivity index (χ4n) is 3.13. The van der Waals surface area contributed by atoms with E-state index in [2.05, 4.69) is 6.58 Å². The first-order valence-corrected chi connectivity index (χ1v) is 8.28. The quantitative estimate of drug-likeness (QED) is 0.591. The van der Waals surface area contributed by atoms with Crippen LogP contribution in [-0.4, -0.2) is 18.6 Å². The number of carbonyl (C=O) groups is 1. The lowest BCUT2D eigenvalue weighted by Crippen LogP contribution is -2.27. The molecule has 0 saturated heterocycles. The van der Waals surface area contributed by atoms with Crippen LogP contribution in [0.3, 0.4) is 0 Å². The van der Waals surface area contributed by atoms with Gasteiger partial charge in [0, 0.05) is 12.1 Å². The van der Waals surface area contributed by atoms with Gasteiger partial charge >= 0.3 is 5.97 Å². The standard InChI is InChI=1S/C21H20FNO2/c1-3-17-14-19(21(24)25-4-2)20(15-8-6-5-7-9-15)23(17)18-12-10-16(22)11-13-18/h3,5-13,17H,1,4,14H2,2H3. The zero-order chi connectivity index (χ0) is 17.8. The van der Waals surface area contributed by atoms with Gasteiger partial charge in [-0.05, 0) is 36.8 Å². The van der Waals surface area contributed by atoms with Crippen molar-refractivity contribution in [2.75, 3.05) is 11.5 Å². The summed E-state index contributed by atoms with van der Waals surface area (Å²) in [5, 5.41) is 0. The summed E-state index contributed by atoms with van der Waals surface area (Å²) in [5.74, 6) is -0.619. The molecule has 128 valence electrons. The molecule has 1 aliphatic heterocycles. The number of nitrogens with zero attached hydrogens (tertiary/aromatic N) is 1. The van der Waals surface area contributed by atoms with Gasteiger partial charge in [-0.1, -0.05) is 36.4 Å². The van der Waals surface area contributed by atoms with Crippen molar-refractivity contribution in [3.63, 3.8) is 0 Å². The number of carbonyl (C=O) groups excluding carboxylic acids is 1. The lowest BCUT2D eigenvalue weighted by molar-refractivity contribution is -0.138. The molecule has 1 unspecified atom stereocenters. The van der Waals surface area contributed by atoms with Crippen molar-refractivity contribution in [1.29, 1.82) is 0 Å². The minimum absolute atomic E-state index is 0.0972. The highest BCUT2D eigenvalue weighted by molar-refractivity contribution is 6.03. The molecule has 0 aliphatic carbocycles. The van der Waals surface area contributed by atoms with Gasteiger partial charge in [0.25, 0.3) is 0 Å². The Morgan fingerprint density at radius 2 is 1.92 bits per heavy atom. The van der Waals surface area contributed by atoms with Crippen LogP contribution in [0.4, 0.5) is 10.1 Å². The van der Waals surface area contributed by atoms with Gasteiger partial charge in [0.2, 0.25) is 0 Å². The molecule has 0 amide bonds. The Morgan fingerprint density at radius 1 is 1.24 bits per heavy atom. The third kappa shape index (κ3) is 3.33. The zero-order valence-corrected chi connectivity index (χ0v) is 14.1. The van der Waals surface area contributed by atoms with E-state index in [-0.39, 0.29) is 17.8 Å². The number of rotatable bonds is 5. The Balaban J connectivity index is 2.16. The predicted molar refractivity (Wildman–Crippen MR) is 97.5 cm³/mol. The molecule has 1 heterocycles. The van der Waals surface area contributed by atoms with E-state index < -0.39 is 0 Å². The molecule has 0 fully saturated rings. The Kier molecular flexibility index (Phi) is 4.98. The summed E-state index contributed by atoms with van der Waals surface area (Å²) in [6, 6.07) is 15.8. The van der Waals surface area contributed by atoms with Crippen molar-refractivity contribution in [3.8, 4) is 0 Å². The summed E-state index contributed by atoms with van der Waals surface area (Å²) < 4.78 is 18.6. The first kappa shape index (κ1) is 17.0. The summed E-state index contributed by atoms with van der Waals surface area (Å²) >= 11 is 0. The normalized spacial score (nSPS) is 16.9. The number of ether oxygens (including phenoxy) is 1. The van der Waals surface area contributed by atoms with E-state index in [1.54, 1.807) is 25.1 Å². The van der Waals surface area contributed by atoms with Gasteiger partial charge in [0.05, 0.1) is 23.9 Å². The van der Waals surface area contributed by atoms with Gasteiger partial charge in [-0.2, -0.15) is 0 Å². The summed E-state index contributed by atoms with van der Waals surface area (Å²) in [6.45, 7) is 6.02. The van der Waals surface area contributed by atoms with E-state index in [1.165, 1.54) is 12.1 Å². The Bertz CT molecular complexity index is 796. The third-order valence-corrected chi connectivity index (χ3v) is 4.22. The largest absolute Gasteiger partial charge is 0.463 e. The first-order chi connectivity index (χ1) is 12.2. The van der Waals surface area contributed by atoms with Crippen LogP contribution in [0.2, 0.25) is 0 Å². The monoisotopic (exact) mass is 337 g/mol. The minimum Gasteiger partial charge on any atom is -0.463 e. The molecule has 1 atom stereocenters. The summed E-state index contributed by atoms with van der Waals surface area (Å²) in [7, 11) is 0. The second-order valence-corrected chi connectivity index (χ2v) is 5.77. The third-order valence-electron chi connectivity index (χ3n) is 4.22. The van der Waals surface area contributed by atoms with Crippen molar-refractivity contribution < 1.29 is 13.9 Å². The molecule has 4 heteroatoms. The zero-order valence-electron chi connectivity index (χ0n) is 14.1. The molecule has 0 N–H and O–H groups in total. The Hall–Kier alpha value is -2.88. The maximum absolute atomic E-state index is 13.4. The van der Waals surface area contributed by atoms with Crippen LogP contribution in [0.15, 0.2) is 72.8 Å². The molecule has 25 heavy (non-hydrogen) atoms. The fourth-order valence-corrected chi connectivity index (χ4v) is 3.13. The van der Waals surface area contributed by atoms with Gasteiger partial charge in [0.15, 0.2) is 0 Å². The van der Waals surface area contributed by atoms with Gasteiger partial charge in [-0.15, -0.1) is 6.58 Å². The van der Waals surface area contributed by atoms with E-state index in [1.807, 2.05) is 35.2 Å². The summed E-state index contributed by atoms with van der Waals surface area (Å²) in [6.07, 6.45) is 2.31. The van der Waals surface area contributed by atoms with Crippen molar-refractivity contribution in [2.45, 2.75) is 19.4 Å². The fraction of sp³-hybridized carbons (Fsp3) is 0.190. The van der Waals surface area contributed by atoms with E-state index in [0.717, 1.165) is 16.9 Å². The molecule has 2 aromatic rings. The first-order valence-electron chi connectivity index (χ1n) is 8.28. The van der Waals surface area contributed by atoms with Crippen LogP contribution in [0.1, 0.15) is 18.9 Å². The second kappa shape index (κ2) is 7.34. The summed E-state index contributed by atoms with van der Waals surface area (Å²) in [5.41, 5.74) is 3.13. The molecular formula is C21H20FNO2. The van der Waals surface area contributed by atoms with Crippen molar-refractivity contribution in [1.82, 2.24) is 0 Å². The van der Waals surface area contributed by atoms with Gasteiger partial charge in [0.1, 0.15) is 5.82 Å². The highest BCUT2D eigenvalue weighted by Crippen LogP contribution is 2.40. The maximum Gasteiger partial charge on any atom is 0.336 e. The topological polar surface area (TPSA) is 29.5 Å². The van der Waals surface area contributed by atoms with Crippen LogP contribution >= 0.6 is 0 Å². The van der Waals surface area contributed by atoms with Gasteiger partial charge < -0.3 is 9.64 Å². The Labute approximate surface area is 147 Å². The number of anilines is 1. The number of esters is 1. The minimum atomic E-state index is -0.321. The van der Waals surface area contributed by atoms with Crippen LogP contribution in [0.5, 0.6) is 0 Å². The highest BCUT2D eigenvalue weighted by Gasteiger charge is 2.35. The van der Waals surface area contributed by atoms with E-state index in [4.69, 9.17) is 4.74 Å². The molecule has 0 saturated carbocycles. The molecule has 3 rings (SSSR count). The molecule has 0 spiro atoms. The number of halogens is 1. The number of hydrogen-bond acceptors (Lipinski definition) is 3. The van der Waals surface area contributed by atoms with Crippen molar-refractivity contribution in [2.24, 2.45) is 0 Å². The van der Waals surface area contributed by atoms with Crippen molar-refractivity contribution in [3.05, 3.63) is 84.2 Å². The van der Waals surface area contributed by atoms with E-state index in [9.17, 15) is 9.18 Å². The van der Waals surface area contributed by atoms with Crippen LogP contribution < -0.4 is 4.90 Å². The molecule has 3 nitrogen and oxygen atoms in total. The molecule has 0 aromatic heterocycles. The lowest BCUT2D eigenvalue weighted by Gasteiger charge is -2.28. The predicted octanol–water partition coefficient (Wildman–Crippen LogP) is 4.56. The van der Waals surface area contributed by atoms with E-state index in [0.29, 0.717) is 18.6 Å². The van der Waals surface area contributed by atoms with Crippen molar-refractivity contribution >= 4 is 17.4 Å². The average Bonchev–Trinajstić information content (AvgIpc) is 3.03. The highest BCUT2D eigenvalue weighted by atomic mass is 19.1. The van der Waals surface area contributed by atoms with Gasteiger partial charge in [-0.25, -0.2) is 9.18 Å². The number of benzene rings is 2. The lowest BCUT2D eigenvalue weighted by atomic mass is 10.1. The molecule has 2 aromatic carbocycles. The average molecular weight is 337 g/mol. The smallest absolute Gasteiger partial charge is 0.336 e. The van der Waals surface area contributed by atoms with Gasteiger partial charge in [-0.3, -0.25) is 0 Å². The van der Waals surface area contributed by atoms with Crippen LogP contribution in [0, 0.1) is 5.82 Å². The second-order valence-electron chi connectivity index (χ2n) is 5.77. The summed E-state index contributed by atoms with van der Waals surface area (Å²) in [4.78, 5) is 14.5. The SMILES string of the molecule is C=CC1CC(C(=O)OCC)=C(c2ccccc2)N1c1ccc(F)cc1. The van der Waals surface area contributed by atoms with Crippen LogP contribution in [0.25, 0.3) is 5.70 Å². The molecule has 0 bridgehead atoms. The molecular weight excluding hydrogens is 317 g/mol. The molecule has 0 radical (unpaired) electrons.